The lowest BCUT2D eigenvalue weighted by Gasteiger charge is -2.46. The average Bonchev–Trinajstić information content (AvgIpc) is 1.44. The second-order valence-corrected chi connectivity index (χ2v) is 24.6. The van der Waals surface area contributed by atoms with Crippen molar-refractivity contribution in [3.8, 4) is 0 Å². The van der Waals surface area contributed by atoms with Gasteiger partial charge in [-0.25, -0.2) is 0 Å². The van der Waals surface area contributed by atoms with Crippen molar-refractivity contribution in [3.63, 3.8) is 0 Å². The lowest BCUT2D eigenvalue weighted by atomic mass is 9.97. The van der Waals surface area contributed by atoms with Crippen LogP contribution in [-0.4, -0.2) is 140 Å². The molecule has 9 N–H and O–H groups in total. The normalized spacial score (nSPS) is 23.7. The van der Waals surface area contributed by atoms with Crippen molar-refractivity contribution in [2.24, 2.45) is 0 Å². The number of allylic oxidation sites excluding steroid dienone is 17. The third-order valence-corrected chi connectivity index (χ3v) is 16.7. The van der Waals surface area contributed by atoms with Crippen molar-refractivity contribution >= 4 is 5.91 Å². The zero-order valence-corrected chi connectivity index (χ0v) is 55.6. The van der Waals surface area contributed by atoms with Gasteiger partial charge in [-0.05, 0) is 83.5 Å². The molecule has 12 atom stereocenters. The van der Waals surface area contributed by atoms with Gasteiger partial charge in [-0.2, -0.15) is 0 Å². The van der Waals surface area contributed by atoms with Crippen molar-refractivity contribution in [3.05, 3.63) is 109 Å². The largest absolute Gasteiger partial charge is 0.394 e. The van der Waals surface area contributed by atoms with Crippen molar-refractivity contribution in [2.45, 2.75) is 338 Å². The molecule has 2 fully saturated rings. The number of nitrogens with one attached hydrogen (secondary N) is 1. The summed E-state index contributed by atoms with van der Waals surface area (Å²) in [5, 5.41) is 87.4. The van der Waals surface area contributed by atoms with E-state index in [1.54, 1.807) is 6.08 Å². The number of aliphatic hydroxyl groups excluding tert-OH is 8. The van der Waals surface area contributed by atoms with Crippen molar-refractivity contribution in [1.29, 1.82) is 0 Å². The average molecular weight is 1250 g/mol. The third kappa shape index (κ3) is 42.5. The van der Waals surface area contributed by atoms with Crippen molar-refractivity contribution in [1.82, 2.24) is 5.32 Å². The molecular formula is C75H129NO13. The Morgan fingerprint density at radius 3 is 1.19 bits per heavy atom. The van der Waals surface area contributed by atoms with Gasteiger partial charge in [0.15, 0.2) is 12.6 Å². The van der Waals surface area contributed by atoms with Crippen molar-refractivity contribution in [2.75, 3.05) is 19.8 Å². The molecule has 89 heavy (non-hydrogen) atoms. The molecule has 0 aliphatic carbocycles. The van der Waals surface area contributed by atoms with Crippen LogP contribution < -0.4 is 5.32 Å². The van der Waals surface area contributed by atoms with Gasteiger partial charge in [0.25, 0.3) is 0 Å². The number of carbonyl (C=O) groups excluding carboxylic acids is 1. The standard InChI is InChI=1S/C75H129NO13/c1-3-5-7-9-11-13-15-17-19-21-23-24-25-26-27-28-29-30-31-32-33-34-35-36-37-38-39-40-41-43-45-47-49-51-53-55-57-59-67(80)76-63(64(79)58-56-54-52-50-48-46-44-42-22-20-18-16-14-12-10-8-6-4-2)62-86-74-72(85)70(83)73(66(61-78)88-74)89-75-71(84)69(82)68(81)65(60-77)87-75/h5,7,11,13,17,19,23-24,26-27,29-30,32-33,35-36,56,58,63-66,68-75,77-79,81-85H,3-4,6,8-10,12,14-16,18,20-22,25,28,31,34,37-55,57,59-62H2,1-2H3,(H,76,80)/b7-5-,13-11-,19-17-,24-23-,27-26-,30-29-,33-32-,36-35-,58-56+. The number of carbonyl (C=O) groups is 1. The topological polar surface area (TPSA) is 228 Å². The molecule has 2 rings (SSSR count). The lowest BCUT2D eigenvalue weighted by molar-refractivity contribution is -0.359. The molecule has 0 spiro atoms. The highest BCUT2D eigenvalue weighted by molar-refractivity contribution is 5.76. The molecule has 14 nitrogen and oxygen atoms in total. The molecule has 0 aromatic rings. The zero-order chi connectivity index (χ0) is 64.5. The highest BCUT2D eigenvalue weighted by Crippen LogP contribution is 2.30. The summed E-state index contributed by atoms with van der Waals surface area (Å²) in [6, 6.07) is -0.923. The number of ether oxygens (including phenoxy) is 4. The summed E-state index contributed by atoms with van der Waals surface area (Å²) in [4.78, 5) is 13.3. The third-order valence-electron chi connectivity index (χ3n) is 16.7. The predicted octanol–water partition coefficient (Wildman–Crippen LogP) is 14.7. The molecule has 12 unspecified atom stereocenters. The first-order valence-corrected chi connectivity index (χ1v) is 35.6. The Bertz CT molecular complexity index is 1910. The Morgan fingerprint density at radius 2 is 0.775 bits per heavy atom. The summed E-state index contributed by atoms with van der Waals surface area (Å²) in [5.41, 5.74) is 0. The van der Waals surface area contributed by atoms with E-state index in [9.17, 15) is 45.6 Å². The van der Waals surface area contributed by atoms with E-state index in [1.165, 1.54) is 141 Å². The summed E-state index contributed by atoms with van der Waals surface area (Å²) in [7, 11) is 0. The van der Waals surface area contributed by atoms with E-state index in [0.717, 1.165) is 96.3 Å². The minimum Gasteiger partial charge on any atom is -0.394 e. The molecule has 2 heterocycles. The number of rotatable bonds is 57. The summed E-state index contributed by atoms with van der Waals surface area (Å²) >= 11 is 0. The summed E-state index contributed by atoms with van der Waals surface area (Å²) in [5.74, 6) is -0.244. The molecule has 2 aliphatic heterocycles. The Hall–Kier alpha value is -3.35. The molecule has 0 bridgehead atoms. The van der Waals surface area contributed by atoms with Gasteiger partial charge in [-0.1, -0.05) is 284 Å². The molecule has 14 heteroatoms. The number of hydrogen-bond acceptors (Lipinski definition) is 13. The molecule has 1 amide bonds. The molecule has 0 aromatic carbocycles. The quantitative estimate of drug-likeness (QED) is 0.0204. The zero-order valence-electron chi connectivity index (χ0n) is 55.6. The van der Waals surface area contributed by atoms with E-state index in [2.05, 4.69) is 116 Å². The molecule has 0 radical (unpaired) electrons. The van der Waals surface area contributed by atoms with Crippen LogP contribution in [0.15, 0.2) is 109 Å². The van der Waals surface area contributed by atoms with Crippen LogP contribution in [0.5, 0.6) is 0 Å². The van der Waals surface area contributed by atoms with E-state index in [1.807, 2.05) is 6.08 Å². The number of aliphatic hydroxyl groups is 8. The summed E-state index contributed by atoms with van der Waals surface area (Å²) in [6.07, 6.45) is 67.1. The first-order chi connectivity index (χ1) is 43.6. The molecule has 0 saturated carbocycles. The van der Waals surface area contributed by atoms with Gasteiger partial charge in [-0.3, -0.25) is 4.79 Å². The smallest absolute Gasteiger partial charge is 0.220 e. The Morgan fingerprint density at radius 1 is 0.416 bits per heavy atom. The van der Waals surface area contributed by atoms with Crippen LogP contribution in [-0.2, 0) is 23.7 Å². The lowest BCUT2D eigenvalue weighted by Crippen LogP contribution is -2.65. The fourth-order valence-electron chi connectivity index (χ4n) is 11.1. The fourth-order valence-corrected chi connectivity index (χ4v) is 11.1. The van der Waals surface area contributed by atoms with Gasteiger partial charge in [0.05, 0.1) is 32.0 Å². The maximum atomic E-state index is 13.3. The molecule has 512 valence electrons. The van der Waals surface area contributed by atoms with E-state index in [4.69, 9.17) is 18.9 Å². The Kier molecular flexibility index (Phi) is 53.7. The second kappa shape index (κ2) is 58.5. The van der Waals surface area contributed by atoms with Gasteiger partial charge >= 0.3 is 0 Å². The second-order valence-electron chi connectivity index (χ2n) is 24.6. The monoisotopic (exact) mass is 1250 g/mol. The van der Waals surface area contributed by atoms with Gasteiger partial charge in [-0.15, -0.1) is 0 Å². The van der Waals surface area contributed by atoms with Crippen LogP contribution in [0.3, 0.4) is 0 Å². The molecule has 2 saturated heterocycles. The maximum Gasteiger partial charge on any atom is 0.220 e. The molecular weight excluding hydrogens is 1120 g/mol. The molecule has 2 aliphatic rings. The van der Waals surface area contributed by atoms with Gasteiger partial charge in [0.1, 0.15) is 48.8 Å². The van der Waals surface area contributed by atoms with Crippen LogP contribution in [0.2, 0.25) is 0 Å². The highest BCUT2D eigenvalue weighted by Gasteiger charge is 2.51. The maximum absolute atomic E-state index is 13.3. The minimum atomic E-state index is -1.79. The predicted molar refractivity (Wildman–Crippen MR) is 364 cm³/mol. The van der Waals surface area contributed by atoms with E-state index in [0.29, 0.717) is 6.42 Å². The van der Waals surface area contributed by atoms with Crippen LogP contribution in [0.25, 0.3) is 0 Å². The van der Waals surface area contributed by atoms with Crippen molar-refractivity contribution < 1.29 is 64.6 Å². The summed E-state index contributed by atoms with van der Waals surface area (Å²) in [6.45, 7) is 2.70. The Balaban J connectivity index is 1.64. The van der Waals surface area contributed by atoms with E-state index < -0.39 is 86.8 Å². The fraction of sp³-hybridized carbons (Fsp3) is 0.747. The van der Waals surface area contributed by atoms with Gasteiger partial charge in [0, 0.05) is 6.42 Å². The Labute approximate surface area is 540 Å². The summed E-state index contributed by atoms with van der Waals surface area (Å²) < 4.78 is 22.8. The van der Waals surface area contributed by atoms with E-state index >= 15 is 0 Å². The van der Waals surface area contributed by atoms with E-state index in [-0.39, 0.29) is 18.9 Å². The van der Waals surface area contributed by atoms with Crippen LogP contribution in [0, 0.1) is 0 Å². The van der Waals surface area contributed by atoms with Gasteiger partial charge in [0.2, 0.25) is 5.91 Å². The molecule has 0 aromatic heterocycles. The minimum absolute atomic E-state index is 0.244. The number of unbranched alkanes of at least 4 members (excludes halogenated alkanes) is 28. The number of hydrogen-bond donors (Lipinski definition) is 9. The van der Waals surface area contributed by atoms with Crippen LogP contribution in [0.1, 0.15) is 264 Å². The van der Waals surface area contributed by atoms with Crippen LogP contribution >= 0.6 is 0 Å². The van der Waals surface area contributed by atoms with Gasteiger partial charge < -0.3 is 65.1 Å². The first kappa shape index (κ1) is 81.7. The first-order valence-electron chi connectivity index (χ1n) is 35.6. The SMILES string of the molecule is CC/C=C\C/C=C\C/C=C\C/C=C\C/C=C\C/C=C\C/C=C\C/C=C\CCCCCCCCCCCCCCC(=O)NC(COC1OC(CO)C(OC2OC(CO)C(O)C(O)C2O)C(O)C1O)C(O)/C=C/CCCCCCCCCCCCCCCCCC. The van der Waals surface area contributed by atoms with Crippen LogP contribution in [0.4, 0.5) is 0 Å². The highest BCUT2D eigenvalue weighted by atomic mass is 16.7. The number of amides is 1.